The monoisotopic (exact) mass is 394 g/mol. The molecule has 0 saturated carbocycles. The smallest absolute Gasteiger partial charge is 0.0443 e. The summed E-state index contributed by atoms with van der Waals surface area (Å²) in [5, 5.41) is 0. The molecule has 170 valence electrons. The van der Waals surface area contributed by atoms with Crippen LogP contribution in [0.5, 0.6) is 0 Å². The van der Waals surface area contributed by atoms with Crippen molar-refractivity contribution in [3.05, 3.63) is 0 Å². The van der Waals surface area contributed by atoms with E-state index in [1.807, 2.05) is 0 Å². The van der Waals surface area contributed by atoms with Gasteiger partial charge in [0, 0.05) is 0 Å². The highest BCUT2D eigenvalue weighted by atomic mass is 14.1. The van der Waals surface area contributed by atoms with Gasteiger partial charge < -0.3 is 0 Å². The van der Waals surface area contributed by atoms with Crippen molar-refractivity contribution in [2.75, 3.05) is 0 Å². The van der Waals surface area contributed by atoms with E-state index in [0.717, 1.165) is 5.92 Å². The second kappa shape index (κ2) is 25.0. The normalized spacial score (nSPS) is 12.5. The van der Waals surface area contributed by atoms with Gasteiger partial charge in [0.15, 0.2) is 0 Å². The molecule has 0 bridgehead atoms. The Hall–Kier alpha value is 0. The van der Waals surface area contributed by atoms with Crippen LogP contribution in [0, 0.1) is 5.92 Å². The van der Waals surface area contributed by atoms with Crippen LogP contribution in [-0.4, -0.2) is 0 Å². The molecule has 1 unspecified atom stereocenters. The Morgan fingerprint density at radius 1 is 0.321 bits per heavy atom. The van der Waals surface area contributed by atoms with E-state index in [1.165, 1.54) is 154 Å². The molecule has 0 aromatic heterocycles. The van der Waals surface area contributed by atoms with Crippen LogP contribution < -0.4 is 0 Å². The third-order valence-electron chi connectivity index (χ3n) is 6.60. The highest BCUT2D eigenvalue weighted by molar-refractivity contribution is 4.56. The average Bonchev–Trinajstić information content (AvgIpc) is 2.70. The molecule has 0 aromatic rings. The molecule has 1 atom stereocenters. The molecule has 0 N–H and O–H groups in total. The van der Waals surface area contributed by atoms with E-state index in [4.69, 9.17) is 0 Å². The minimum absolute atomic E-state index is 0.970. The van der Waals surface area contributed by atoms with Gasteiger partial charge in [-0.25, -0.2) is 0 Å². The van der Waals surface area contributed by atoms with Crippen LogP contribution in [0.2, 0.25) is 0 Å². The molecule has 28 heavy (non-hydrogen) atoms. The SMILES string of the molecule is CCCCCCCCCCCCCCCCCC(C)CCCCCCCCC. The van der Waals surface area contributed by atoms with E-state index in [0.29, 0.717) is 0 Å². The number of unbranched alkanes of at least 4 members (excludes halogenated alkanes) is 20. The van der Waals surface area contributed by atoms with Crippen LogP contribution >= 0.6 is 0 Å². The van der Waals surface area contributed by atoms with E-state index in [2.05, 4.69) is 20.8 Å². The molecule has 0 spiro atoms. The summed E-state index contributed by atoms with van der Waals surface area (Å²) in [5.74, 6) is 0.970. The maximum Gasteiger partial charge on any atom is -0.0443 e. The van der Waals surface area contributed by atoms with Crippen LogP contribution in [0.15, 0.2) is 0 Å². The van der Waals surface area contributed by atoms with Gasteiger partial charge in [-0.15, -0.1) is 0 Å². The van der Waals surface area contributed by atoms with Crippen molar-refractivity contribution >= 4 is 0 Å². The molecule has 0 fully saturated rings. The lowest BCUT2D eigenvalue weighted by atomic mass is 9.95. The van der Waals surface area contributed by atoms with Gasteiger partial charge in [-0.05, 0) is 5.92 Å². The summed E-state index contributed by atoms with van der Waals surface area (Å²) in [4.78, 5) is 0. The lowest BCUT2D eigenvalue weighted by Gasteiger charge is -2.11. The summed E-state index contributed by atoms with van der Waals surface area (Å²) >= 11 is 0. The average molecular weight is 395 g/mol. The summed E-state index contributed by atoms with van der Waals surface area (Å²) in [5.41, 5.74) is 0. The first-order valence-electron chi connectivity index (χ1n) is 13.8. The zero-order valence-electron chi connectivity index (χ0n) is 20.5. The largest absolute Gasteiger partial charge is 0.0654 e. The summed E-state index contributed by atoms with van der Waals surface area (Å²) in [6, 6.07) is 0. The Kier molecular flexibility index (Phi) is 25.0. The third kappa shape index (κ3) is 24.0. The standard InChI is InChI=1S/C28H58/c1-4-6-8-10-12-13-14-15-16-17-18-19-21-23-25-27-28(3)26-24-22-20-11-9-7-5-2/h28H,4-27H2,1-3H3. The molecule has 0 radical (unpaired) electrons. The van der Waals surface area contributed by atoms with Crippen molar-refractivity contribution in [3.63, 3.8) is 0 Å². The van der Waals surface area contributed by atoms with E-state index in [1.54, 1.807) is 0 Å². The van der Waals surface area contributed by atoms with Gasteiger partial charge in [0.1, 0.15) is 0 Å². The fourth-order valence-corrected chi connectivity index (χ4v) is 4.46. The first-order chi connectivity index (χ1) is 13.8. The Labute approximate surface area is 181 Å². The second-order valence-corrected chi connectivity index (χ2v) is 9.75. The molecule has 0 aromatic carbocycles. The number of hydrogen-bond acceptors (Lipinski definition) is 0. The predicted molar refractivity (Wildman–Crippen MR) is 131 cm³/mol. The molecular formula is C28H58. The first kappa shape index (κ1) is 28.0. The third-order valence-corrected chi connectivity index (χ3v) is 6.60. The molecule has 0 saturated heterocycles. The summed E-state index contributed by atoms with van der Waals surface area (Å²) in [6.07, 6.45) is 35.3. The maximum absolute atomic E-state index is 2.49. The lowest BCUT2D eigenvalue weighted by molar-refractivity contribution is 0.430. The van der Waals surface area contributed by atoms with E-state index < -0.39 is 0 Å². The van der Waals surface area contributed by atoms with E-state index >= 15 is 0 Å². The Morgan fingerprint density at radius 2 is 0.536 bits per heavy atom. The van der Waals surface area contributed by atoms with Crippen molar-refractivity contribution in [2.45, 2.75) is 175 Å². The summed E-state index contributed by atoms with van der Waals surface area (Å²) < 4.78 is 0. The maximum atomic E-state index is 2.49. The molecule has 0 amide bonds. The molecule has 0 heteroatoms. The van der Waals surface area contributed by atoms with Crippen LogP contribution in [0.3, 0.4) is 0 Å². The van der Waals surface area contributed by atoms with Crippen molar-refractivity contribution in [3.8, 4) is 0 Å². The molecule has 0 nitrogen and oxygen atoms in total. The quantitative estimate of drug-likeness (QED) is 0.143. The van der Waals surface area contributed by atoms with Crippen LogP contribution in [0.25, 0.3) is 0 Å². The van der Waals surface area contributed by atoms with Gasteiger partial charge >= 0.3 is 0 Å². The van der Waals surface area contributed by atoms with Crippen molar-refractivity contribution in [2.24, 2.45) is 5.92 Å². The topological polar surface area (TPSA) is 0 Å². The van der Waals surface area contributed by atoms with Gasteiger partial charge in [-0.2, -0.15) is 0 Å². The Bertz CT molecular complexity index is 257. The molecule has 0 heterocycles. The highest BCUT2D eigenvalue weighted by Crippen LogP contribution is 2.19. The highest BCUT2D eigenvalue weighted by Gasteiger charge is 2.02. The van der Waals surface area contributed by atoms with E-state index in [-0.39, 0.29) is 0 Å². The van der Waals surface area contributed by atoms with Crippen LogP contribution in [-0.2, 0) is 0 Å². The fraction of sp³-hybridized carbons (Fsp3) is 1.00. The van der Waals surface area contributed by atoms with Gasteiger partial charge in [-0.3, -0.25) is 0 Å². The fourth-order valence-electron chi connectivity index (χ4n) is 4.46. The minimum atomic E-state index is 0.970. The van der Waals surface area contributed by atoms with Gasteiger partial charge in [0.2, 0.25) is 0 Å². The lowest BCUT2D eigenvalue weighted by Crippen LogP contribution is -1.95. The van der Waals surface area contributed by atoms with Crippen LogP contribution in [0.4, 0.5) is 0 Å². The van der Waals surface area contributed by atoms with Crippen molar-refractivity contribution in [1.82, 2.24) is 0 Å². The van der Waals surface area contributed by atoms with Crippen molar-refractivity contribution in [1.29, 1.82) is 0 Å². The van der Waals surface area contributed by atoms with Gasteiger partial charge in [0.25, 0.3) is 0 Å². The molecule has 0 aliphatic rings. The predicted octanol–water partition coefficient (Wildman–Crippen LogP) is 11.0. The van der Waals surface area contributed by atoms with Crippen LogP contribution in [0.1, 0.15) is 175 Å². The van der Waals surface area contributed by atoms with Gasteiger partial charge in [-0.1, -0.05) is 175 Å². The van der Waals surface area contributed by atoms with Crippen molar-refractivity contribution < 1.29 is 0 Å². The van der Waals surface area contributed by atoms with Gasteiger partial charge in [0.05, 0.1) is 0 Å². The second-order valence-electron chi connectivity index (χ2n) is 9.75. The summed E-state index contributed by atoms with van der Waals surface area (Å²) in [6.45, 7) is 7.10. The number of hydrogen-bond donors (Lipinski definition) is 0. The molecular weight excluding hydrogens is 336 g/mol. The molecule has 0 rings (SSSR count). The summed E-state index contributed by atoms with van der Waals surface area (Å²) in [7, 11) is 0. The molecule has 0 aliphatic heterocycles. The first-order valence-corrected chi connectivity index (χ1v) is 13.8. The zero-order valence-corrected chi connectivity index (χ0v) is 20.5. The zero-order chi connectivity index (χ0) is 20.5. The molecule has 0 aliphatic carbocycles. The Morgan fingerprint density at radius 3 is 0.786 bits per heavy atom. The number of rotatable bonds is 24. The van der Waals surface area contributed by atoms with E-state index in [9.17, 15) is 0 Å². The Balaban J connectivity index is 3.10. The minimum Gasteiger partial charge on any atom is -0.0654 e.